The maximum atomic E-state index is 12.2. The first-order chi connectivity index (χ1) is 8.11. The van der Waals surface area contributed by atoms with E-state index in [9.17, 15) is 9.59 Å². The van der Waals surface area contributed by atoms with Gasteiger partial charge in [0.2, 0.25) is 5.91 Å². The summed E-state index contributed by atoms with van der Waals surface area (Å²) >= 11 is 0. The number of nitriles is 1. The van der Waals surface area contributed by atoms with Crippen molar-refractivity contribution in [1.82, 2.24) is 4.90 Å². The van der Waals surface area contributed by atoms with Crippen LogP contribution in [0.1, 0.15) is 32.6 Å². The Morgan fingerprint density at radius 3 is 2.59 bits per heavy atom. The summed E-state index contributed by atoms with van der Waals surface area (Å²) in [4.78, 5) is 24.8. The molecule has 0 bridgehead atoms. The molecule has 5 nitrogen and oxygen atoms in total. The van der Waals surface area contributed by atoms with E-state index in [4.69, 9.17) is 10.4 Å². The third kappa shape index (κ3) is 3.19. The molecule has 0 aromatic heterocycles. The number of hydrogen-bond donors (Lipinski definition) is 1. The van der Waals surface area contributed by atoms with Crippen LogP contribution in [0.15, 0.2) is 0 Å². The van der Waals surface area contributed by atoms with E-state index in [1.807, 2.05) is 13.0 Å². The molecule has 1 N–H and O–H groups in total. The van der Waals surface area contributed by atoms with Crippen LogP contribution in [-0.2, 0) is 9.59 Å². The number of carbonyl (C=O) groups is 2. The molecule has 0 saturated heterocycles. The minimum Gasteiger partial charge on any atom is -0.481 e. The Morgan fingerprint density at radius 2 is 2.06 bits per heavy atom. The summed E-state index contributed by atoms with van der Waals surface area (Å²) in [6, 6.07) is 2.00. The molecule has 0 aliphatic heterocycles. The smallest absolute Gasteiger partial charge is 0.307 e. The SMILES string of the molecule is CCN(CCC#N)C(=O)[C@@H]1CCC[C@@H]1C(=O)O. The molecule has 1 aliphatic rings. The van der Waals surface area contributed by atoms with Crippen molar-refractivity contribution in [2.75, 3.05) is 13.1 Å². The lowest BCUT2D eigenvalue weighted by Gasteiger charge is -2.25. The monoisotopic (exact) mass is 238 g/mol. The highest BCUT2D eigenvalue weighted by molar-refractivity contribution is 5.85. The second-order valence-electron chi connectivity index (χ2n) is 4.31. The number of aliphatic carboxylic acids is 1. The van der Waals surface area contributed by atoms with Gasteiger partial charge in [0.1, 0.15) is 0 Å². The molecule has 17 heavy (non-hydrogen) atoms. The van der Waals surface area contributed by atoms with E-state index in [1.165, 1.54) is 0 Å². The van der Waals surface area contributed by atoms with Gasteiger partial charge in [-0.1, -0.05) is 6.42 Å². The summed E-state index contributed by atoms with van der Waals surface area (Å²) in [6.45, 7) is 2.78. The third-order valence-corrected chi connectivity index (χ3v) is 3.34. The average Bonchev–Trinajstić information content (AvgIpc) is 2.78. The summed E-state index contributed by atoms with van der Waals surface area (Å²) in [6.07, 6.45) is 2.33. The summed E-state index contributed by atoms with van der Waals surface area (Å²) in [7, 11) is 0. The Labute approximate surface area is 101 Å². The lowest BCUT2D eigenvalue weighted by Crippen LogP contribution is -2.39. The lowest BCUT2D eigenvalue weighted by molar-refractivity contribution is -0.149. The van der Waals surface area contributed by atoms with Crippen LogP contribution in [0.4, 0.5) is 0 Å². The lowest BCUT2D eigenvalue weighted by atomic mass is 9.94. The topological polar surface area (TPSA) is 81.4 Å². The van der Waals surface area contributed by atoms with Crippen LogP contribution in [-0.4, -0.2) is 35.0 Å². The van der Waals surface area contributed by atoms with Crippen LogP contribution in [0, 0.1) is 23.2 Å². The van der Waals surface area contributed by atoms with Gasteiger partial charge >= 0.3 is 5.97 Å². The molecule has 0 aromatic carbocycles. The predicted molar refractivity (Wildman–Crippen MR) is 61.0 cm³/mol. The summed E-state index contributed by atoms with van der Waals surface area (Å²) in [5.41, 5.74) is 0. The van der Waals surface area contributed by atoms with Crippen molar-refractivity contribution in [2.24, 2.45) is 11.8 Å². The van der Waals surface area contributed by atoms with Crippen LogP contribution >= 0.6 is 0 Å². The highest BCUT2D eigenvalue weighted by Crippen LogP contribution is 2.33. The van der Waals surface area contributed by atoms with Gasteiger partial charge in [0, 0.05) is 13.1 Å². The van der Waals surface area contributed by atoms with Crippen LogP contribution in [0.5, 0.6) is 0 Å². The molecule has 0 radical (unpaired) electrons. The number of rotatable bonds is 5. The van der Waals surface area contributed by atoms with Gasteiger partial charge in [0.15, 0.2) is 0 Å². The van der Waals surface area contributed by atoms with Crippen LogP contribution < -0.4 is 0 Å². The van der Waals surface area contributed by atoms with E-state index in [-0.39, 0.29) is 5.91 Å². The van der Waals surface area contributed by atoms with Crippen molar-refractivity contribution >= 4 is 11.9 Å². The zero-order chi connectivity index (χ0) is 12.8. The van der Waals surface area contributed by atoms with Gasteiger partial charge in [0.05, 0.1) is 24.3 Å². The second-order valence-corrected chi connectivity index (χ2v) is 4.31. The standard InChI is InChI=1S/C12H18N2O3/c1-2-14(8-4-7-13)11(15)9-5-3-6-10(9)12(16)17/h9-10H,2-6,8H2,1H3,(H,16,17)/t9-,10+/m1/s1. The molecule has 1 saturated carbocycles. The van der Waals surface area contributed by atoms with Gasteiger partial charge in [-0.15, -0.1) is 0 Å². The zero-order valence-electron chi connectivity index (χ0n) is 10.1. The quantitative estimate of drug-likeness (QED) is 0.781. The highest BCUT2D eigenvalue weighted by Gasteiger charge is 2.39. The fourth-order valence-electron chi connectivity index (χ4n) is 2.39. The maximum absolute atomic E-state index is 12.2. The molecular weight excluding hydrogens is 220 g/mol. The number of carboxylic acids is 1. The van der Waals surface area contributed by atoms with Gasteiger partial charge in [-0.3, -0.25) is 9.59 Å². The molecule has 2 atom stereocenters. The Balaban J connectivity index is 2.67. The third-order valence-electron chi connectivity index (χ3n) is 3.34. The van der Waals surface area contributed by atoms with E-state index in [1.54, 1.807) is 4.90 Å². The van der Waals surface area contributed by atoms with E-state index in [0.29, 0.717) is 32.4 Å². The Kier molecular flexibility index (Phi) is 4.95. The number of carboxylic acid groups (broad SMARTS) is 1. The summed E-state index contributed by atoms with van der Waals surface area (Å²) < 4.78 is 0. The normalized spacial score (nSPS) is 23.1. The fourth-order valence-corrected chi connectivity index (χ4v) is 2.39. The highest BCUT2D eigenvalue weighted by atomic mass is 16.4. The van der Waals surface area contributed by atoms with E-state index in [0.717, 1.165) is 6.42 Å². The van der Waals surface area contributed by atoms with Gasteiger partial charge < -0.3 is 10.0 Å². The molecule has 0 spiro atoms. The molecular formula is C12H18N2O3. The number of hydrogen-bond acceptors (Lipinski definition) is 3. The predicted octanol–water partition coefficient (Wildman–Crippen LogP) is 1.25. The maximum Gasteiger partial charge on any atom is 0.307 e. The van der Waals surface area contributed by atoms with Crippen molar-refractivity contribution in [3.8, 4) is 6.07 Å². The molecule has 1 aliphatic carbocycles. The first-order valence-corrected chi connectivity index (χ1v) is 6.00. The Bertz CT molecular complexity index is 335. The molecule has 1 fully saturated rings. The van der Waals surface area contributed by atoms with Crippen molar-refractivity contribution in [1.29, 1.82) is 5.26 Å². The van der Waals surface area contributed by atoms with Crippen LogP contribution in [0.3, 0.4) is 0 Å². The molecule has 0 unspecified atom stereocenters. The van der Waals surface area contributed by atoms with Crippen molar-refractivity contribution in [2.45, 2.75) is 32.6 Å². The average molecular weight is 238 g/mol. The molecule has 0 aromatic rings. The van der Waals surface area contributed by atoms with E-state index >= 15 is 0 Å². The molecule has 94 valence electrons. The van der Waals surface area contributed by atoms with Gasteiger partial charge in [-0.2, -0.15) is 5.26 Å². The first-order valence-electron chi connectivity index (χ1n) is 6.00. The molecule has 1 amide bonds. The van der Waals surface area contributed by atoms with Crippen LogP contribution in [0.25, 0.3) is 0 Å². The zero-order valence-corrected chi connectivity index (χ0v) is 10.1. The summed E-state index contributed by atoms with van der Waals surface area (Å²) in [5, 5.41) is 17.6. The molecule has 5 heteroatoms. The number of carbonyl (C=O) groups excluding carboxylic acids is 1. The van der Waals surface area contributed by atoms with Gasteiger partial charge in [-0.05, 0) is 19.8 Å². The Hall–Kier alpha value is -1.57. The number of amides is 1. The van der Waals surface area contributed by atoms with Crippen LogP contribution in [0.2, 0.25) is 0 Å². The van der Waals surface area contributed by atoms with Crippen molar-refractivity contribution in [3.05, 3.63) is 0 Å². The van der Waals surface area contributed by atoms with E-state index < -0.39 is 17.8 Å². The molecule has 1 rings (SSSR count). The largest absolute Gasteiger partial charge is 0.481 e. The van der Waals surface area contributed by atoms with Gasteiger partial charge in [0.25, 0.3) is 0 Å². The first kappa shape index (κ1) is 13.5. The minimum absolute atomic E-state index is 0.104. The van der Waals surface area contributed by atoms with E-state index in [2.05, 4.69) is 0 Å². The fraction of sp³-hybridized carbons (Fsp3) is 0.750. The van der Waals surface area contributed by atoms with Crippen molar-refractivity contribution < 1.29 is 14.7 Å². The van der Waals surface area contributed by atoms with Crippen molar-refractivity contribution in [3.63, 3.8) is 0 Å². The Morgan fingerprint density at radius 1 is 1.41 bits per heavy atom. The van der Waals surface area contributed by atoms with Gasteiger partial charge in [-0.25, -0.2) is 0 Å². The molecule has 0 heterocycles. The second kappa shape index (κ2) is 6.24. The summed E-state index contributed by atoms with van der Waals surface area (Å²) in [5.74, 6) is -1.92. The minimum atomic E-state index is -0.878. The number of nitrogens with zero attached hydrogens (tertiary/aromatic N) is 2.